The molecule has 3 aromatic carbocycles. The Balaban J connectivity index is 1.34. The number of ether oxygens (including phenoxy) is 1. The van der Waals surface area contributed by atoms with Crippen LogP contribution in [0.5, 0.6) is 5.75 Å². The molecule has 0 fully saturated rings. The first-order chi connectivity index (χ1) is 17.8. The number of aromatic nitrogens is 1. The van der Waals surface area contributed by atoms with Crippen LogP contribution in [0.3, 0.4) is 0 Å². The van der Waals surface area contributed by atoms with Crippen LogP contribution in [0, 0.1) is 13.8 Å². The van der Waals surface area contributed by atoms with Gasteiger partial charge in [0.15, 0.2) is 0 Å². The van der Waals surface area contributed by atoms with Crippen molar-refractivity contribution in [1.29, 1.82) is 0 Å². The van der Waals surface area contributed by atoms with Gasteiger partial charge in [0.2, 0.25) is 5.89 Å². The zero-order valence-corrected chi connectivity index (χ0v) is 20.6. The van der Waals surface area contributed by atoms with Crippen LogP contribution in [0.4, 0.5) is 5.69 Å². The minimum Gasteiger partial charge on any atom is -0.493 e. The lowest BCUT2D eigenvalue weighted by Crippen LogP contribution is -2.32. The van der Waals surface area contributed by atoms with Gasteiger partial charge in [-0.2, -0.15) is 0 Å². The third kappa shape index (κ3) is 6.35. The van der Waals surface area contributed by atoms with E-state index in [4.69, 9.17) is 9.15 Å². The number of oxazole rings is 1. The first-order valence-corrected chi connectivity index (χ1v) is 11.9. The van der Waals surface area contributed by atoms with Gasteiger partial charge in [-0.3, -0.25) is 0 Å². The summed E-state index contributed by atoms with van der Waals surface area (Å²) >= 11 is 0. The lowest BCUT2D eigenvalue weighted by atomic mass is 10.0. The molecule has 0 unspecified atom stereocenters. The molecule has 1 heterocycles. The van der Waals surface area contributed by atoms with Crippen molar-refractivity contribution in [1.82, 2.24) is 4.98 Å². The van der Waals surface area contributed by atoms with Crippen molar-refractivity contribution in [3.63, 3.8) is 0 Å². The predicted octanol–water partition coefficient (Wildman–Crippen LogP) is 5.39. The molecular weight excluding hydrogens is 472 g/mol. The molecule has 1 aromatic heterocycles. The van der Waals surface area contributed by atoms with Crippen LogP contribution in [0.2, 0.25) is 0 Å². The second-order valence-corrected chi connectivity index (χ2v) is 8.65. The highest BCUT2D eigenvalue weighted by Gasteiger charge is 2.20. The number of nitrogens with one attached hydrogen (secondary N) is 1. The average molecular weight is 501 g/mol. The quantitative estimate of drug-likeness (QED) is 0.251. The van der Waals surface area contributed by atoms with Crippen LogP contribution < -0.4 is 10.1 Å². The Kier molecular flexibility index (Phi) is 7.88. The molecule has 0 radical (unpaired) electrons. The molecule has 8 nitrogen and oxygen atoms in total. The summed E-state index contributed by atoms with van der Waals surface area (Å²) in [5, 5.41) is 22.0. The smallest absolute Gasteiger partial charge is 0.336 e. The van der Waals surface area contributed by atoms with Gasteiger partial charge in [0.25, 0.3) is 0 Å². The lowest BCUT2D eigenvalue weighted by Gasteiger charge is -2.18. The predicted molar refractivity (Wildman–Crippen MR) is 139 cm³/mol. The monoisotopic (exact) mass is 500 g/mol. The molecule has 0 saturated carbocycles. The first kappa shape index (κ1) is 25.5. The molecule has 4 rings (SSSR count). The number of hydrogen-bond donors (Lipinski definition) is 3. The molecule has 3 N–H and O–H groups in total. The molecule has 0 amide bonds. The van der Waals surface area contributed by atoms with Crippen molar-refractivity contribution in [3.8, 4) is 17.2 Å². The van der Waals surface area contributed by atoms with Gasteiger partial charge in [0.1, 0.15) is 17.6 Å². The molecule has 0 saturated heterocycles. The number of aromatic carboxylic acids is 1. The summed E-state index contributed by atoms with van der Waals surface area (Å²) in [6, 6.07) is 20.8. The van der Waals surface area contributed by atoms with Gasteiger partial charge in [-0.25, -0.2) is 14.6 Å². The van der Waals surface area contributed by atoms with E-state index in [1.165, 1.54) is 6.07 Å². The minimum atomic E-state index is -1.06. The minimum absolute atomic E-state index is 0.132. The van der Waals surface area contributed by atoms with Crippen LogP contribution in [-0.2, 0) is 17.6 Å². The summed E-state index contributed by atoms with van der Waals surface area (Å²) in [6.07, 6.45) is 0.802. The number of anilines is 1. The number of benzene rings is 3. The maximum atomic E-state index is 11.9. The van der Waals surface area contributed by atoms with Gasteiger partial charge in [-0.1, -0.05) is 36.4 Å². The normalized spacial score (nSPS) is 11.6. The fourth-order valence-corrected chi connectivity index (χ4v) is 4.00. The first-order valence-electron chi connectivity index (χ1n) is 11.9. The van der Waals surface area contributed by atoms with Crippen molar-refractivity contribution in [2.24, 2.45) is 0 Å². The number of carboxylic acid groups (broad SMARTS) is 2. The molecule has 8 heteroatoms. The molecule has 0 aliphatic rings. The highest BCUT2D eigenvalue weighted by Crippen LogP contribution is 2.23. The molecule has 0 bridgehead atoms. The number of carboxylic acids is 2. The summed E-state index contributed by atoms with van der Waals surface area (Å²) in [4.78, 5) is 27.9. The lowest BCUT2D eigenvalue weighted by molar-refractivity contribution is -0.137. The van der Waals surface area contributed by atoms with Gasteiger partial charge in [0.05, 0.1) is 17.9 Å². The topological polar surface area (TPSA) is 122 Å². The van der Waals surface area contributed by atoms with Crippen molar-refractivity contribution >= 4 is 17.6 Å². The van der Waals surface area contributed by atoms with E-state index in [0.717, 1.165) is 22.6 Å². The molecule has 0 aliphatic heterocycles. The van der Waals surface area contributed by atoms with E-state index in [1.807, 2.05) is 49.4 Å². The molecular formula is C29H28N2O6. The number of hydrogen-bond acceptors (Lipinski definition) is 6. The summed E-state index contributed by atoms with van der Waals surface area (Å²) in [5.41, 5.74) is 3.67. The highest BCUT2D eigenvalue weighted by atomic mass is 16.5. The second-order valence-electron chi connectivity index (χ2n) is 8.65. The second kappa shape index (κ2) is 11.4. The Labute approximate surface area is 214 Å². The average Bonchev–Trinajstić information content (AvgIpc) is 3.26. The summed E-state index contributed by atoms with van der Waals surface area (Å²) in [7, 11) is 0. The zero-order chi connectivity index (χ0) is 26.4. The molecule has 4 aromatic rings. The number of rotatable bonds is 11. The van der Waals surface area contributed by atoms with Gasteiger partial charge in [-0.15, -0.1) is 0 Å². The summed E-state index contributed by atoms with van der Waals surface area (Å²) in [6.45, 7) is 3.95. The summed E-state index contributed by atoms with van der Waals surface area (Å²) < 4.78 is 11.7. The molecule has 37 heavy (non-hydrogen) atoms. The van der Waals surface area contributed by atoms with Crippen LogP contribution in [0.15, 0.2) is 77.2 Å². The van der Waals surface area contributed by atoms with E-state index in [0.29, 0.717) is 35.9 Å². The third-order valence-electron chi connectivity index (χ3n) is 6.08. The van der Waals surface area contributed by atoms with Gasteiger partial charge in [0, 0.05) is 24.1 Å². The van der Waals surface area contributed by atoms with Crippen LogP contribution in [-0.4, -0.2) is 39.8 Å². The fourth-order valence-electron chi connectivity index (χ4n) is 4.00. The van der Waals surface area contributed by atoms with Crippen molar-refractivity contribution in [3.05, 3.63) is 101 Å². The van der Waals surface area contributed by atoms with E-state index in [1.54, 1.807) is 31.2 Å². The fraction of sp³-hybridized carbons (Fsp3) is 0.207. The number of carbonyl (C=O) groups is 2. The van der Waals surface area contributed by atoms with Crippen LogP contribution in [0.25, 0.3) is 11.5 Å². The largest absolute Gasteiger partial charge is 0.493 e. The Hall–Kier alpha value is -4.59. The Bertz CT molecular complexity index is 1380. The van der Waals surface area contributed by atoms with Crippen molar-refractivity contribution in [2.75, 3.05) is 11.9 Å². The number of aryl methyl sites for hydroxylation is 1. The standard InChI is InChI=1S/C29H28N2O6/c1-18-23(28(32)33)9-6-10-24(18)30-26(29(34)35)17-20-11-13-22(14-12-20)36-16-15-25-19(2)37-27(31-25)21-7-4-3-5-8-21/h3-14,26,30H,15-17H2,1-2H3,(H,32,33)(H,34,35)/t26-/m0/s1. The van der Waals surface area contributed by atoms with E-state index >= 15 is 0 Å². The summed E-state index contributed by atoms with van der Waals surface area (Å²) in [5.74, 6) is -0.0756. The van der Waals surface area contributed by atoms with Gasteiger partial charge < -0.3 is 24.7 Å². The molecule has 1 atom stereocenters. The van der Waals surface area contributed by atoms with E-state index in [9.17, 15) is 19.8 Å². The van der Waals surface area contributed by atoms with E-state index in [-0.39, 0.29) is 12.0 Å². The maximum absolute atomic E-state index is 11.9. The third-order valence-corrected chi connectivity index (χ3v) is 6.08. The Morgan fingerprint density at radius 3 is 2.38 bits per heavy atom. The Morgan fingerprint density at radius 2 is 1.70 bits per heavy atom. The molecule has 0 aliphatic carbocycles. The van der Waals surface area contributed by atoms with E-state index in [2.05, 4.69) is 10.3 Å². The molecule has 190 valence electrons. The Morgan fingerprint density at radius 1 is 0.973 bits per heavy atom. The van der Waals surface area contributed by atoms with E-state index < -0.39 is 18.0 Å². The SMILES string of the molecule is Cc1oc(-c2ccccc2)nc1CCOc1ccc(C[C@H](Nc2cccc(C(=O)O)c2C)C(=O)O)cc1. The van der Waals surface area contributed by atoms with Crippen molar-refractivity contribution in [2.45, 2.75) is 32.7 Å². The van der Waals surface area contributed by atoms with Crippen LogP contribution >= 0.6 is 0 Å². The highest BCUT2D eigenvalue weighted by molar-refractivity contribution is 5.91. The van der Waals surface area contributed by atoms with Gasteiger partial charge in [-0.05, 0) is 61.4 Å². The number of nitrogens with zero attached hydrogens (tertiary/aromatic N) is 1. The zero-order valence-electron chi connectivity index (χ0n) is 20.6. The van der Waals surface area contributed by atoms with Crippen molar-refractivity contribution < 1.29 is 29.0 Å². The van der Waals surface area contributed by atoms with Crippen LogP contribution in [0.1, 0.15) is 32.9 Å². The maximum Gasteiger partial charge on any atom is 0.336 e. The van der Waals surface area contributed by atoms with Gasteiger partial charge >= 0.3 is 11.9 Å². The molecule has 0 spiro atoms. The number of aliphatic carboxylic acids is 1.